The topological polar surface area (TPSA) is 129 Å². The van der Waals surface area contributed by atoms with E-state index >= 15 is 0 Å². The normalized spacial score (nSPS) is 14.1. The molecule has 0 aromatic rings. The molecule has 22 heavy (non-hydrogen) atoms. The largest absolute Gasteiger partial charge is 0.460 e. The van der Waals surface area contributed by atoms with Crippen molar-refractivity contribution in [3.63, 3.8) is 0 Å². The van der Waals surface area contributed by atoms with Gasteiger partial charge in [-0.25, -0.2) is 4.79 Å². The number of methoxy groups -OCH3 is 1. The molecule has 0 rings (SSSR count). The highest BCUT2D eigenvalue weighted by atomic mass is 16.5. The summed E-state index contributed by atoms with van der Waals surface area (Å²) in [6.07, 6.45) is -0.757. The van der Waals surface area contributed by atoms with Crippen molar-refractivity contribution in [2.75, 3.05) is 7.11 Å². The summed E-state index contributed by atoms with van der Waals surface area (Å²) in [4.78, 5) is 35.0. The number of nitrogens with one attached hydrogen (secondary N) is 2. The Morgan fingerprint density at radius 3 is 2.50 bits per heavy atom. The number of ether oxygens (including phenoxy) is 2. The average Bonchev–Trinajstić information content (AvgIpc) is 2.49. The lowest BCUT2D eigenvalue weighted by Crippen LogP contribution is -2.46. The van der Waals surface area contributed by atoms with Gasteiger partial charge in [-0.3, -0.25) is 9.59 Å². The van der Waals surface area contributed by atoms with Gasteiger partial charge in [-0.1, -0.05) is 0 Å². The van der Waals surface area contributed by atoms with Crippen LogP contribution >= 0.6 is 0 Å². The zero-order chi connectivity index (χ0) is 17.1. The molecule has 0 radical (unpaired) electrons. The van der Waals surface area contributed by atoms with E-state index in [1.165, 1.54) is 14.0 Å². The van der Waals surface area contributed by atoms with Gasteiger partial charge in [0.1, 0.15) is 18.2 Å². The Morgan fingerprint density at radius 2 is 2.00 bits per heavy atom. The van der Waals surface area contributed by atoms with Gasteiger partial charge in [0.05, 0.1) is 18.7 Å². The van der Waals surface area contributed by atoms with Crippen LogP contribution in [0.15, 0.2) is 0 Å². The first-order chi connectivity index (χ1) is 10.3. The summed E-state index contributed by atoms with van der Waals surface area (Å²) in [6, 6.07) is 0.839. The Balaban J connectivity index is 4.80. The third-order valence-corrected chi connectivity index (χ3v) is 2.86. The number of rotatable bonds is 10. The van der Waals surface area contributed by atoms with Gasteiger partial charge in [0, 0.05) is 13.5 Å². The second-order valence-corrected chi connectivity index (χ2v) is 4.70. The standard InChI is InChI=1S/C14H21N3O5/c1-9(6-7-15)22-14(20)12(5-4-11(18)8-16)17-13(19)10(2)21-3/h8-10,12,16H,4-6H2,1-3H3,(H,17,19)/t9-,10+,12+/m1/s1. The smallest absolute Gasteiger partial charge is 0.328 e. The van der Waals surface area contributed by atoms with Crippen molar-refractivity contribution in [1.82, 2.24) is 5.32 Å². The van der Waals surface area contributed by atoms with Crippen LogP contribution in [0.4, 0.5) is 0 Å². The molecule has 0 bridgehead atoms. The number of carbonyl (C=O) groups is 3. The molecule has 0 saturated carbocycles. The van der Waals surface area contributed by atoms with Gasteiger partial charge in [0.15, 0.2) is 5.78 Å². The van der Waals surface area contributed by atoms with E-state index in [0.29, 0.717) is 6.21 Å². The summed E-state index contributed by atoms with van der Waals surface area (Å²) in [6.45, 7) is 3.07. The first kappa shape index (κ1) is 19.7. The monoisotopic (exact) mass is 311 g/mol. The minimum absolute atomic E-state index is 0.00843. The van der Waals surface area contributed by atoms with Gasteiger partial charge in [0.25, 0.3) is 0 Å². The van der Waals surface area contributed by atoms with Crippen LogP contribution < -0.4 is 5.32 Å². The predicted octanol–water partition coefficient (Wildman–Crippen LogP) is 0.350. The first-order valence-corrected chi connectivity index (χ1v) is 6.79. The number of hydrogen-bond acceptors (Lipinski definition) is 7. The molecule has 3 atom stereocenters. The van der Waals surface area contributed by atoms with Crippen LogP contribution in [0.2, 0.25) is 0 Å². The molecule has 0 unspecified atom stereocenters. The number of esters is 1. The van der Waals surface area contributed by atoms with Gasteiger partial charge < -0.3 is 20.2 Å². The molecular formula is C14H21N3O5. The molecule has 0 spiro atoms. The van der Waals surface area contributed by atoms with E-state index < -0.39 is 35.9 Å². The van der Waals surface area contributed by atoms with Gasteiger partial charge in [-0.2, -0.15) is 5.26 Å². The number of amides is 1. The Bertz CT molecular complexity index is 458. The molecule has 122 valence electrons. The highest BCUT2D eigenvalue weighted by Gasteiger charge is 2.26. The molecule has 0 aliphatic carbocycles. The number of nitriles is 1. The summed E-state index contributed by atoms with van der Waals surface area (Å²) >= 11 is 0. The molecule has 8 nitrogen and oxygen atoms in total. The van der Waals surface area contributed by atoms with Crippen molar-refractivity contribution < 1.29 is 23.9 Å². The van der Waals surface area contributed by atoms with Crippen LogP contribution in [-0.2, 0) is 23.9 Å². The first-order valence-electron chi connectivity index (χ1n) is 6.79. The van der Waals surface area contributed by atoms with E-state index in [2.05, 4.69) is 5.32 Å². The van der Waals surface area contributed by atoms with Crippen molar-refractivity contribution >= 4 is 23.9 Å². The van der Waals surface area contributed by atoms with Crippen molar-refractivity contribution in [3.05, 3.63) is 0 Å². The molecule has 0 aliphatic rings. The number of carbonyl (C=O) groups excluding carboxylic acids is 3. The lowest BCUT2D eigenvalue weighted by atomic mass is 10.1. The zero-order valence-corrected chi connectivity index (χ0v) is 12.9. The third-order valence-electron chi connectivity index (χ3n) is 2.86. The highest BCUT2D eigenvalue weighted by molar-refractivity contribution is 6.26. The van der Waals surface area contributed by atoms with E-state index in [4.69, 9.17) is 20.1 Å². The van der Waals surface area contributed by atoms with Crippen molar-refractivity contribution in [2.45, 2.75) is 51.4 Å². The Labute approximate surface area is 129 Å². The van der Waals surface area contributed by atoms with Gasteiger partial charge in [-0.05, 0) is 20.3 Å². The molecule has 0 saturated heterocycles. The maximum Gasteiger partial charge on any atom is 0.328 e. The SMILES string of the molecule is CO[C@@H](C)C(=O)N[C@@H](CCC(=O)C=N)C(=O)O[C@H](C)CC#N. The fraction of sp³-hybridized carbons (Fsp3) is 0.643. The summed E-state index contributed by atoms with van der Waals surface area (Å²) in [5.41, 5.74) is 0. The zero-order valence-electron chi connectivity index (χ0n) is 12.9. The Kier molecular flexibility index (Phi) is 9.38. The molecule has 8 heteroatoms. The molecule has 2 N–H and O–H groups in total. The van der Waals surface area contributed by atoms with Crippen LogP contribution in [0.1, 0.15) is 33.1 Å². The van der Waals surface area contributed by atoms with Crippen LogP contribution in [0, 0.1) is 16.7 Å². The maximum absolute atomic E-state index is 12.0. The maximum atomic E-state index is 12.0. The quantitative estimate of drug-likeness (QED) is 0.442. The summed E-state index contributed by atoms with van der Waals surface area (Å²) in [7, 11) is 1.35. The summed E-state index contributed by atoms with van der Waals surface area (Å²) < 4.78 is 9.90. The van der Waals surface area contributed by atoms with Crippen molar-refractivity contribution in [1.29, 1.82) is 10.7 Å². The predicted molar refractivity (Wildman–Crippen MR) is 77.2 cm³/mol. The van der Waals surface area contributed by atoms with E-state index in [0.717, 1.165) is 0 Å². The molecule has 1 amide bonds. The second kappa shape index (κ2) is 10.5. The minimum atomic E-state index is -1.03. The average molecular weight is 311 g/mol. The van der Waals surface area contributed by atoms with Crippen LogP contribution in [-0.4, -0.2) is 49.2 Å². The molecule has 0 aromatic carbocycles. The number of nitrogens with zero attached hydrogens (tertiary/aromatic N) is 1. The molecule has 0 heterocycles. The molecule has 0 aliphatic heterocycles. The molecule has 0 aromatic heterocycles. The Morgan fingerprint density at radius 1 is 1.36 bits per heavy atom. The van der Waals surface area contributed by atoms with Crippen LogP contribution in [0.5, 0.6) is 0 Å². The van der Waals surface area contributed by atoms with E-state index in [9.17, 15) is 14.4 Å². The summed E-state index contributed by atoms with van der Waals surface area (Å²) in [5, 5.41) is 17.8. The fourth-order valence-electron chi connectivity index (χ4n) is 1.45. The Hall–Kier alpha value is -2.27. The number of hydrogen-bond donors (Lipinski definition) is 2. The lowest BCUT2D eigenvalue weighted by molar-refractivity contribution is -0.153. The fourth-order valence-corrected chi connectivity index (χ4v) is 1.45. The van der Waals surface area contributed by atoms with Crippen molar-refractivity contribution in [3.8, 4) is 6.07 Å². The molecular weight excluding hydrogens is 290 g/mol. The molecule has 0 fully saturated rings. The van der Waals surface area contributed by atoms with Crippen molar-refractivity contribution in [2.24, 2.45) is 0 Å². The summed E-state index contributed by atoms with van der Waals surface area (Å²) in [5.74, 6) is -1.70. The van der Waals surface area contributed by atoms with Gasteiger partial charge >= 0.3 is 5.97 Å². The lowest BCUT2D eigenvalue weighted by Gasteiger charge is -2.20. The number of ketones is 1. The van der Waals surface area contributed by atoms with Crippen LogP contribution in [0.3, 0.4) is 0 Å². The van der Waals surface area contributed by atoms with E-state index in [1.54, 1.807) is 6.92 Å². The highest BCUT2D eigenvalue weighted by Crippen LogP contribution is 2.06. The van der Waals surface area contributed by atoms with E-state index in [1.807, 2.05) is 6.07 Å². The number of Topliss-reactive ketones (excluding diaryl/α,β-unsaturated/α-hetero) is 1. The third kappa shape index (κ3) is 7.50. The second-order valence-electron chi connectivity index (χ2n) is 4.70. The van der Waals surface area contributed by atoms with Crippen LogP contribution in [0.25, 0.3) is 0 Å². The minimum Gasteiger partial charge on any atom is -0.460 e. The van der Waals surface area contributed by atoms with Gasteiger partial charge in [-0.15, -0.1) is 0 Å². The van der Waals surface area contributed by atoms with E-state index in [-0.39, 0.29) is 19.3 Å². The van der Waals surface area contributed by atoms with Gasteiger partial charge in [0.2, 0.25) is 5.91 Å².